The van der Waals surface area contributed by atoms with E-state index in [1.54, 1.807) is 0 Å². The van der Waals surface area contributed by atoms with Crippen LogP contribution in [0.5, 0.6) is 0 Å². The van der Waals surface area contributed by atoms with E-state index < -0.39 is 5.79 Å². The van der Waals surface area contributed by atoms with Crippen molar-refractivity contribution < 1.29 is 19.7 Å². The fourth-order valence-corrected chi connectivity index (χ4v) is 1.88. The molecule has 0 unspecified atom stereocenters. The third-order valence-electron chi connectivity index (χ3n) is 2.53. The van der Waals surface area contributed by atoms with Crippen LogP contribution >= 0.6 is 0 Å². The van der Waals surface area contributed by atoms with Gasteiger partial charge in [-0.3, -0.25) is 0 Å². The van der Waals surface area contributed by atoms with Crippen molar-refractivity contribution in [3.05, 3.63) is 0 Å². The lowest BCUT2D eigenvalue weighted by molar-refractivity contribution is -0.257. The molecule has 0 aliphatic heterocycles. The molecule has 0 aromatic rings. The summed E-state index contributed by atoms with van der Waals surface area (Å²) in [6, 6.07) is 0. The lowest BCUT2D eigenvalue weighted by atomic mass is 9.94. The van der Waals surface area contributed by atoms with Gasteiger partial charge in [0.25, 0.3) is 0 Å². The second-order valence-electron chi connectivity index (χ2n) is 3.62. The van der Waals surface area contributed by atoms with E-state index in [0.29, 0.717) is 13.2 Å². The first-order valence-corrected chi connectivity index (χ1v) is 5.33. The zero-order valence-corrected chi connectivity index (χ0v) is 8.57. The molecule has 0 aromatic heterocycles. The molecule has 4 nitrogen and oxygen atoms in total. The molecule has 1 rings (SSSR count). The second-order valence-corrected chi connectivity index (χ2v) is 3.62. The van der Waals surface area contributed by atoms with E-state index in [0.717, 1.165) is 25.7 Å². The third kappa shape index (κ3) is 3.53. The van der Waals surface area contributed by atoms with Crippen molar-refractivity contribution >= 4 is 0 Å². The minimum absolute atomic E-state index is 0.0181. The maximum atomic E-state index is 8.71. The summed E-state index contributed by atoms with van der Waals surface area (Å²) < 4.78 is 11.1. The van der Waals surface area contributed by atoms with Gasteiger partial charge in [0.1, 0.15) is 0 Å². The predicted octanol–water partition coefficient (Wildman–Crippen LogP) is 0.665. The molecule has 0 atom stereocenters. The van der Waals surface area contributed by atoms with Crippen molar-refractivity contribution in [1.29, 1.82) is 0 Å². The van der Waals surface area contributed by atoms with Crippen LogP contribution in [0.2, 0.25) is 0 Å². The summed E-state index contributed by atoms with van der Waals surface area (Å²) in [5.74, 6) is -0.538. The molecule has 1 saturated carbocycles. The van der Waals surface area contributed by atoms with Gasteiger partial charge in [0, 0.05) is 12.8 Å². The van der Waals surface area contributed by atoms with Crippen LogP contribution in [0, 0.1) is 0 Å². The Bertz CT molecular complexity index is 133. The van der Waals surface area contributed by atoms with Gasteiger partial charge >= 0.3 is 0 Å². The summed E-state index contributed by atoms with van der Waals surface area (Å²) in [7, 11) is 0. The largest absolute Gasteiger partial charge is 0.394 e. The summed E-state index contributed by atoms with van der Waals surface area (Å²) in [5.41, 5.74) is 0. The molecule has 0 bridgehead atoms. The van der Waals surface area contributed by atoms with E-state index >= 15 is 0 Å². The van der Waals surface area contributed by atoms with Gasteiger partial charge in [-0.05, 0) is 12.8 Å². The van der Waals surface area contributed by atoms with Crippen LogP contribution < -0.4 is 0 Å². The standard InChI is InChI=1S/C10H20O4/c11-6-8-13-10(14-9-7-12)4-2-1-3-5-10/h11-12H,1-9H2. The molecule has 1 aliphatic carbocycles. The first-order valence-electron chi connectivity index (χ1n) is 5.33. The quantitative estimate of drug-likeness (QED) is 0.624. The van der Waals surface area contributed by atoms with Crippen molar-refractivity contribution in [1.82, 2.24) is 0 Å². The highest BCUT2D eigenvalue weighted by Gasteiger charge is 2.33. The number of hydrogen-bond donors (Lipinski definition) is 2. The van der Waals surface area contributed by atoms with Crippen molar-refractivity contribution in [3.63, 3.8) is 0 Å². The monoisotopic (exact) mass is 204 g/mol. The molecule has 0 radical (unpaired) electrons. The van der Waals surface area contributed by atoms with Crippen LogP contribution in [0.4, 0.5) is 0 Å². The topological polar surface area (TPSA) is 58.9 Å². The Balaban J connectivity index is 2.39. The first kappa shape index (κ1) is 11.9. The fourth-order valence-electron chi connectivity index (χ4n) is 1.88. The van der Waals surface area contributed by atoms with Gasteiger partial charge < -0.3 is 19.7 Å². The number of ether oxygens (including phenoxy) is 2. The van der Waals surface area contributed by atoms with Crippen LogP contribution in [0.1, 0.15) is 32.1 Å². The Labute approximate surface area is 84.8 Å². The summed E-state index contributed by atoms with van der Waals surface area (Å²) in [5, 5.41) is 17.4. The SMILES string of the molecule is OCCOC1(OCCO)CCCCC1. The van der Waals surface area contributed by atoms with E-state index in [1.165, 1.54) is 6.42 Å². The van der Waals surface area contributed by atoms with Crippen LogP contribution in [-0.2, 0) is 9.47 Å². The van der Waals surface area contributed by atoms with Crippen LogP contribution in [0.25, 0.3) is 0 Å². The van der Waals surface area contributed by atoms with Gasteiger partial charge in [0.15, 0.2) is 5.79 Å². The average Bonchev–Trinajstić information content (AvgIpc) is 2.25. The second kappa shape index (κ2) is 6.35. The van der Waals surface area contributed by atoms with E-state index in [-0.39, 0.29) is 13.2 Å². The number of hydrogen-bond acceptors (Lipinski definition) is 4. The lowest BCUT2D eigenvalue weighted by Crippen LogP contribution is -2.39. The molecule has 2 N–H and O–H groups in total. The Kier molecular flexibility index (Phi) is 5.40. The molecule has 0 aromatic carbocycles. The van der Waals surface area contributed by atoms with Crippen molar-refractivity contribution in [2.45, 2.75) is 37.9 Å². The summed E-state index contributed by atoms with van der Waals surface area (Å²) in [6.07, 6.45) is 5.14. The number of rotatable bonds is 6. The van der Waals surface area contributed by atoms with Gasteiger partial charge in [-0.1, -0.05) is 6.42 Å². The zero-order chi connectivity index (χ0) is 10.3. The van der Waals surface area contributed by atoms with Gasteiger partial charge in [-0.2, -0.15) is 0 Å². The minimum atomic E-state index is -0.538. The number of aliphatic hydroxyl groups is 2. The molecule has 4 heteroatoms. The Morgan fingerprint density at radius 3 is 1.79 bits per heavy atom. The summed E-state index contributed by atoms with van der Waals surface area (Å²) >= 11 is 0. The minimum Gasteiger partial charge on any atom is -0.394 e. The van der Waals surface area contributed by atoms with Gasteiger partial charge in [0.2, 0.25) is 0 Å². The van der Waals surface area contributed by atoms with E-state index in [9.17, 15) is 0 Å². The normalized spacial score (nSPS) is 21.0. The fraction of sp³-hybridized carbons (Fsp3) is 1.00. The molecule has 14 heavy (non-hydrogen) atoms. The summed E-state index contributed by atoms with van der Waals surface area (Å²) in [6.45, 7) is 0.658. The van der Waals surface area contributed by atoms with Gasteiger partial charge in [-0.15, -0.1) is 0 Å². The Morgan fingerprint density at radius 2 is 1.36 bits per heavy atom. The van der Waals surface area contributed by atoms with Crippen LogP contribution in [0.3, 0.4) is 0 Å². The molecule has 84 valence electrons. The third-order valence-corrected chi connectivity index (χ3v) is 2.53. The van der Waals surface area contributed by atoms with E-state index in [2.05, 4.69) is 0 Å². The molecular formula is C10H20O4. The van der Waals surface area contributed by atoms with Gasteiger partial charge in [-0.25, -0.2) is 0 Å². The predicted molar refractivity (Wildman–Crippen MR) is 51.9 cm³/mol. The highest BCUT2D eigenvalue weighted by atomic mass is 16.7. The van der Waals surface area contributed by atoms with E-state index in [1.807, 2.05) is 0 Å². The summed E-state index contributed by atoms with van der Waals surface area (Å²) in [4.78, 5) is 0. The molecule has 1 fully saturated rings. The van der Waals surface area contributed by atoms with Crippen molar-refractivity contribution in [2.24, 2.45) is 0 Å². The average molecular weight is 204 g/mol. The van der Waals surface area contributed by atoms with Crippen molar-refractivity contribution in [3.8, 4) is 0 Å². The molecular weight excluding hydrogens is 184 g/mol. The molecule has 0 saturated heterocycles. The Morgan fingerprint density at radius 1 is 0.857 bits per heavy atom. The highest BCUT2D eigenvalue weighted by Crippen LogP contribution is 2.32. The highest BCUT2D eigenvalue weighted by molar-refractivity contribution is 4.75. The smallest absolute Gasteiger partial charge is 0.168 e. The van der Waals surface area contributed by atoms with E-state index in [4.69, 9.17) is 19.7 Å². The van der Waals surface area contributed by atoms with Gasteiger partial charge in [0.05, 0.1) is 26.4 Å². The molecule has 0 spiro atoms. The van der Waals surface area contributed by atoms with Crippen molar-refractivity contribution in [2.75, 3.05) is 26.4 Å². The first-order chi connectivity index (χ1) is 6.83. The molecule has 0 heterocycles. The maximum absolute atomic E-state index is 8.71. The van der Waals surface area contributed by atoms with Crippen LogP contribution in [-0.4, -0.2) is 42.4 Å². The molecule has 1 aliphatic rings. The lowest BCUT2D eigenvalue weighted by Gasteiger charge is -2.36. The maximum Gasteiger partial charge on any atom is 0.168 e. The number of aliphatic hydroxyl groups excluding tert-OH is 2. The zero-order valence-electron chi connectivity index (χ0n) is 8.57. The Hall–Kier alpha value is -0.160. The van der Waals surface area contributed by atoms with Crippen LogP contribution in [0.15, 0.2) is 0 Å². The molecule has 0 amide bonds.